The van der Waals surface area contributed by atoms with E-state index in [1.165, 1.54) is 0 Å². The highest BCUT2D eigenvalue weighted by atomic mass is 16.1. The van der Waals surface area contributed by atoms with Gasteiger partial charge in [-0.15, -0.1) is 0 Å². The maximum absolute atomic E-state index is 11.5. The van der Waals surface area contributed by atoms with E-state index in [4.69, 9.17) is 0 Å². The highest BCUT2D eigenvalue weighted by molar-refractivity contribution is 5.94. The summed E-state index contributed by atoms with van der Waals surface area (Å²) in [4.78, 5) is 28.7. The van der Waals surface area contributed by atoms with E-state index in [0.29, 0.717) is 12.1 Å². The number of piperidine rings is 1. The van der Waals surface area contributed by atoms with Gasteiger partial charge in [-0.1, -0.05) is 6.92 Å². The SMILES string of the molecule is CCC(=O)c1ccc(N2CCCC(C=O)C2)cn1. The molecular weight excluding hydrogens is 228 g/mol. The Labute approximate surface area is 107 Å². The van der Waals surface area contributed by atoms with Crippen molar-refractivity contribution >= 4 is 17.8 Å². The monoisotopic (exact) mass is 246 g/mol. The summed E-state index contributed by atoms with van der Waals surface area (Å²) < 4.78 is 0. The molecule has 1 saturated heterocycles. The number of anilines is 1. The zero-order valence-electron chi connectivity index (χ0n) is 10.6. The molecule has 4 heteroatoms. The van der Waals surface area contributed by atoms with Crippen LogP contribution in [0.4, 0.5) is 5.69 Å². The van der Waals surface area contributed by atoms with Crippen molar-refractivity contribution in [1.82, 2.24) is 4.98 Å². The number of ketones is 1. The molecule has 0 aromatic carbocycles. The number of hydrogen-bond acceptors (Lipinski definition) is 4. The Morgan fingerprint density at radius 1 is 1.56 bits per heavy atom. The first-order chi connectivity index (χ1) is 8.74. The van der Waals surface area contributed by atoms with Gasteiger partial charge in [0.05, 0.1) is 11.9 Å². The molecule has 0 spiro atoms. The molecule has 1 aliphatic heterocycles. The minimum Gasteiger partial charge on any atom is -0.370 e. The number of aldehydes is 1. The van der Waals surface area contributed by atoms with Crippen molar-refractivity contribution in [2.75, 3.05) is 18.0 Å². The lowest BCUT2D eigenvalue weighted by Gasteiger charge is -2.31. The summed E-state index contributed by atoms with van der Waals surface area (Å²) in [5.74, 6) is 0.182. The number of Topliss-reactive ketones (excluding diaryl/α,β-unsaturated/α-hetero) is 1. The molecule has 0 saturated carbocycles. The summed E-state index contributed by atoms with van der Waals surface area (Å²) >= 11 is 0. The maximum atomic E-state index is 11.5. The standard InChI is InChI=1S/C14H18N2O2/c1-2-14(18)13-6-5-12(8-15-13)16-7-3-4-11(9-16)10-17/h5-6,8,10-11H,2-4,7,9H2,1H3. The van der Waals surface area contributed by atoms with Crippen LogP contribution in [0.2, 0.25) is 0 Å². The summed E-state index contributed by atoms with van der Waals surface area (Å²) in [5, 5.41) is 0. The van der Waals surface area contributed by atoms with Gasteiger partial charge in [-0.25, -0.2) is 0 Å². The fourth-order valence-corrected chi connectivity index (χ4v) is 2.27. The van der Waals surface area contributed by atoms with Crippen LogP contribution in [-0.2, 0) is 4.79 Å². The Bertz CT molecular complexity index is 428. The van der Waals surface area contributed by atoms with E-state index in [1.54, 1.807) is 12.3 Å². The van der Waals surface area contributed by atoms with Gasteiger partial charge in [-0.3, -0.25) is 9.78 Å². The number of rotatable bonds is 4. The van der Waals surface area contributed by atoms with Crippen molar-refractivity contribution in [3.05, 3.63) is 24.0 Å². The Morgan fingerprint density at radius 3 is 3.00 bits per heavy atom. The van der Waals surface area contributed by atoms with Crippen molar-refractivity contribution in [2.24, 2.45) is 5.92 Å². The van der Waals surface area contributed by atoms with Gasteiger partial charge in [0.1, 0.15) is 12.0 Å². The molecule has 4 nitrogen and oxygen atoms in total. The lowest BCUT2D eigenvalue weighted by molar-refractivity contribution is -0.111. The molecule has 1 unspecified atom stereocenters. The van der Waals surface area contributed by atoms with Crippen LogP contribution < -0.4 is 4.90 Å². The fraction of sp³-hybridized carbons (Fsp3) is 0.500. The van der Waals surface area contributed by atoms with E-state index in [2.05, 4.69) is 9.88 Å². The summed E-state index contributed by atoms with van der Waals surface area (Å²) in [6.07, 6.45) is 5.24. The Hall–Kier alpha value is -1.71. The van der Waals surface area contributed by atoms with Crippen LogP contribution in [0.25, 0.3) is 0 Å². The number of hydrogen-bond donors (Lipinski definition) is 0. The first-order valence-electron chi connectivity index (χ1n) is 6.44. The molecule has 1 aromatic heterocycles. The fourth-order valence-electron chi connectivity index (χ4n) is 2.27. The van der Waals surface area contributed by atoms with Crippen LogP contribution in [0.3, 0.4) is 0 Å². The highest BCUT2D eigenvalue weighted by Gasteiger charge is 2.19. The van der Waals surface area contributed by atoms with Crippen LogP contribution in [0, 0.1) is 5.92 Å². The molecule has 0 aliphatic carbocycles. The molecule has 1 fully saturated rings. The van der Waals surface area contributed by atoms with Gasteiger partial charge < -0.3 is 9.69 Å². The van der Waals surface area contributed by atoms with Crippen LogP contribution in [0.1, 0.15) is 36.7 Å². The Morgan fingerprint density at radius 2 is 2.39 bits per heavy atom. The second-order valence-electron chi connectivity index (χ2n) is 4.66. The topological polar surface area (TPSA) is 50.3 Å². The minimum absolute atomic E-state index is 0.0611. The maximum Gasteiger partial charge on any atom is 0.180 e. The summed E-state index contributed by atoms with van der Waals surface area (Å²) in [6, 6.07) is 3.69. The van der Waals surface area contributed by atoms with Crippen molar-refractivity contribution in [2.45, 2.75) is 26.2 Å². The molecular formula is C14H18N2O2. The predicted molar refractivity (Wildman–Crippen MR) is 69.9 cm³/mol. The summed E-state index contributed by atoms with van der Waals surface area (Å²) in [5.41, 5.74) is 1.51. The van der Waals surface area contributed by atoms with E-state index in [1.807, 2.05) is 13.0 Å². The lowest BCUT2D eigenvalue weighted by Crippen LogP contribution is -2.36. The number of aromatic nitrogens is 1. The molecule has 0 amide bonds. The van der Waals surface area contributed by atoms with E-state index in [0.717, 1.165) is 37.9 Å². The normalized spacial score (nSPS) is 19.6. The largest absolute Gasteiger partial charge is 0.370 e. The van der Waals surface area contributed by atoms with Crippen molar-refractivity contribution in [1.29, 1.82) is 0 Å². The molecule has 18 heavy (non-hydrogen) atoms. The molecule has 0 radical (unpaired) electrons. The average Bonchev–Trinajstić information content (AvgIpc) is 2.46. The predicted octanol–water partition coefficient (Wildman–Crippen LogP) is 2.09. The van der Waals surface area contributed by atoms with Gasteiger partial charge >= 0.3 is 0 Å². The van der Waals surface area contributed by atoms with Gasteiger partial charge in [0, 0.05) is 25.4 Å². The van der Waals surface area contributed by atoms with Crippen molar-refractivity contribution in [3.8, 4) is 0 Å². The van der Waals surface area contributed by atoms with Crippen molar-refractivity contribution < 1.29 is 9.59 Å². The van der Waals surface area contributed by atoms with Gasteiger partial charge in [0.25, 0.3) is 0 Å². The third-order valence-electron chi connectivity index (χ3n) is 3.37. The van der Waals surface area contributed by atoms with E-state index in [9.17, 15) is 9.59 Å². The second-order valence-corrected chi connectivity index (χ2v) is 4.66. The van der Waals surface area contributed by atoms with Gasteiger partial charge in [-0.2, -0.15) is 0 Å². The number of pyridine rings is 1. The summed E-state index contributed by atoms with van der Waals surface area (Å²) in [7, 11) is 0. The minimum atomic E-state index is 0.0611. The molecule has 1 atom stereocenters. The Kier molecular flexibility index (Phi) is 4.07. The summed E-state index contributed by atoms with van der Waals surface area (Å²) in [6.45, 7) is 3.54. The van der Waals surface area contributed by atoms with Crippen LogP contribution in [0.5, 0.6) is 0 Å². The van der Waals surface area contributed by atoms with E-state index >= 15 is 0 Å². The second kappa shape index (κ2) is 5.76. The quantitative estimate of drug-likeness (QED) is 0.603. The molecule has 0 bridgehead atoms. The van der Waals surface area contributed by atoms with E-state index in [-0.39, 0.29) is 11.7 Å². The highest BCUT2D eigenvalue weighted by Crippen LogP contribution is 2.21. The Balaban J connectivity index is 2.09. The number of carbonyl (C=O) groups excluding carboxylic acids is 2. The molecule has 2 rings (SSSR count). The zero-order chi connectivity index (χ0) is 13.0. The number of carbonyl (C=O) groups is 2. The van der Waals surface area contributed by atoms with Gasteiger partial charge in [0.2, 0.25) is 0 Å². The lowest BCUT2D eigenvalue weighted by atomic mass is 9.99. The van der Waals surface area contributed by atoms with Crippen LogP contribution >= 0.6 is 0 Å². The zero-order valence-corrected chi connectivity index (χ0v) is 10.6. The molecule has 2 heterocycles. The molecule has 1 aliphatic rings. The molecule has 96 valence electrons. The van der Waals surface area contributed by atoms with Crippen molar-refractivity contribution in [3.63, 3.8) is 0 Å². The smallest absolute Gasteiger partial charge is 0.180 e. The van der Waals surface area contributed by atoms with Gasteiger partial charge in [0.15, 0.2) is 5.78 Å². The first-order valence-corrected chi connectivity index (χ1v) is 6.44. The third kappa shape index (κ3) is 2.75. The first kappa shape index (κ1) is 12.7. The average molecular weight is 246 g/mol. The molecule has 0 N–H and O–H groups in total. The van der Waals surface area contributed by atoms with Gasteiger partial charge in [-0.05, 0) is 25.0 Å². The number of nitrogens with zero attached hydrogens (tertiary/aromatic N) is 2. The molecule has 1 aromatic rings. The van der Waals surface area contributed by atoms with Crippen LogP contribution in [-0.4, -0.2) is 30.1 Å². The third-order valence-corrected chi connectivity index (χ3v) is 3.37. The van der Waals surface area contributed by atoms with Crippen LogP contribution in [0.15, 0.2) is 18.3 Å². The van der Waals surface area contributed by atoms with E-state index < -0.39 is 0 Å².